The molecular formula is C22H26N4O2. The SMILES string of the molecule is O=C(O)NCCCC[C@@H](NCc1ccccc1)c1ncc(-c2ccccc2)[nH]1. The molecule has 6 heteroatoms. The van der Waals surface area contributed by atoms with E-state index in [1.807, 2.05) is 42.6 Å². The number of nitrogens with one attached hydrogen (secondary N) is 3. The summed E-state index contributed by atoms with van der Waals surface area (Å²) in [7, 11) is 0. The van der Waals surface area contributed by atoms with Gasteiger partial charge in [-0.25, -0.2) is 9.78 Å². The topological polar surface area (TPSA) is 90.0 Å². The molecular weight excluding hydrogens is 352 g/mol. The number of amides is 1. The lowest BCUT2D eigenvalue weighted by molar-refractivity contribution is 0.194. The van der Waals surface area contributed by atoms with Crippen LogP contribution in [0.4, 0.5) is 4.79 Å². The minimum Gasteiger partial charge on any atom is -0.465 e. The van der Waals surface area contributed by atoms with Gasteiger partial charge in [-0.05, 0) is 30.4 Å². The van der Waals surface area contributed by atoms with E-state index in [0.717, 1.165) is 42.9 Å². The molecule has 1 amide bonds. The fraction of sp³-hybridized carbons (Fsp3) is 0.273. The maximum Gasteiger partial charge on any atom is 0.404 e. The highest BCUT2D eigenvalue weighted by Crippen LogP contribution is 2.22. The highest BCUT2D eigenvalue weighted by atomic mass is 16.4. The Morgan fingerprint density at radius 2 is 1.75 bits per heavy atom. The van der Waals surface area contributed by atoms with Gasteiger partial charge in [-0.3, -0.25) is 0 Å². The van der Waals surface area contributed by atoms with Gasteiger partial charge in [-0.1, -0.05) is 60.7 Å². The van der Waals surface area contributed by atoms with E-state index in [2.05, 4.69) is 44.9 Å². The summed E-state index contributed by atoms with van der Waals surface area (Å²) in [6.45, 7) is 1.22. The fourth-order valence-corrected chi connectivity index (χ4v) is 3.12. The molecule has 6 nitrogen and oxygen atoms in total. The number of carboxylic acid groups (broad SMARTS) is 1. The van der Waals surface area contributed by atoms with Crippen molar-refractivity contribution in [2.45, 2.75) is 31.8 Å². The van der Waals surface area contributed by atoms with Gasteiger partial charge in [0.05, 0.1) is 17.9 Å². The van der Waals surface area contributed by atoms with Gasteiger partial charge in [0, 0.05) is 13.1 Å². The summed E-state index contributed by atoms with van der Waals surface area (Å²) in [6.07, 6.45) is 3.46. The van der Waals surface area contributed by atoms with Crippen LogP contribution in [0.5, 0.6) is 0 Å². The first-order valence-corrected chi connectivity index (χ1v) is 9.57. The number of benzene rings is 2. The zero-order chi connectivity index (χ0) is 19.6. The van der Waals surface area contributed by atoms with E-state index in [1.165, 1.54) is 5.56 Å². The number of nitrogens with zero attached hydrogens (tertiary/aromatic N) is 1. The Balaban J connectivity index is 1.64. The Bertz CT molecular complexity index is 849. The number of aromatic nitrogens is 2. The molecule has 0 saturated heterocycles. The van der Waals surface area contributed by atoms with Gasteiger partial charge in [0.2, 0.25) is 0 Å². The molecule has 4 N–H and O–H groups in total. The first-order valence-electron chi connectivity index (χ1n) is 9.57. The molecule has 0 radical (unpaired) electrons. The number of aromatic amines is 1. The number of carbonyl (C=O) groups is 1. The molecule has 28 heavy (non-hydrogen) atoms. The molecule has 1 heterocycles. The first kappa shape index (κ1) is 19.6. The van der Waals surface area contributed by atoms with Crippen LogP contribution < -0.4 is 10.6 Å². The van der Waals surface area contributed by atoms with Crippen LogP contribution in [-0.2, 0) is 6.54 Å². The average molecular weight is 378 g/mol. The maximum atomic E-state index is 10.6. The summed E-state index contributed by atoms with van der Waals surface area (Å²) >= 11 is 0. The summed E-state index contributed by atoms with van der Waals surface area (Å²) in [6, 6.07) is 20.5. The number of imidazole rings is 1. The van der Waals surface area contributed by atoms with Crippen LogP contribution in [-0.4, -0.2) is 27.7 Å². The molecule has 146 valence electrons. The standard InChI is InChI=1S/C22H26N4O2/c27-22(28)23-14-8-7-13-19(24-15-17-9-3-1-4-10-17)21-25-16-20(26-21)18-11-5-2-6-12-18/h1-6,9-12,16,19,23-24H,7-8,13-15H2,(H,25,26)(H,27,28)/t19-/m1/s1. The Morgan fingerprint density at radius 1 is 1.04 bits per heavy atom. The second-order valence-electron chi connectivity index (χ2n) is 6.69. The van der Waals surface area contributed by atoms with Crippen molar-refractivity contribution >= 4 is 6.09 Å². The summed E-state index contributed by atoms with van der Waals surface area (Å²) in [5.41, 5.74) is 3.32. The molecule has 0 fully saturated rings. The molecule has 2 aromatic carbocycles. The highest BCUT2D eigenvalue weighted by molar-refractivity contribution is 5.64. The molecule has 3 aromatic rings. The van der Waals surface area contributed by atoms with E-state index in [9.17, 15) is 4.79 Å². The molecule has 3 rings (SSSR count). The third kappa shape index (κ3) is 5.96. The van der Waals surface area contributed by atoms with Crippen LogP contribution in [0.2, 0.25) is 0 Å². The van der Waals surface area contributed by atoms with Crippen molar-refractivity contribution < 1.29 is 9.90 Å². The lowest BCUT2D eigenvalue weighted by Gasteiger charge is -2.17. The van der Waals surface area contributed by atoms with E-state index < -0.39 is 6.09 Å². The van der Waals surface area contributed by atoms with Crippen LogP contribution >= 0.6 is 0 Å². The summed E-state index contributed by atoms with van der Waals surface area (Å²) in [5, 5.41) is 14.7. The molecule has 0 aliphatic carbocycles. The smallest absolute Gasteiger partial charge is 0.404 e. The number of rotatable bonds is 10. The van der Waals surface area contributed by atoms with E-state index in [4.69, 9.17) is 5.11 Å². The molecule has 0 saturated carbocycles. The summed E-state index contributed by atoms with van der Waals surface area (Å²) < 4.78 is 0. The molecule has 0 spiro atoms. The van der Waals surface area contributed by atoms with Gasteiger partial charge in [-0.2, -0.15) is 0 Å². The monoisotopic (exact) mass is 378 g/mol. The van der Waals surface area contributed by atoms with Crippen LogP contribution in [0, 0.1) is 0 Å². The number of hydrogen-bond donors (Lipinski definition) is 4. The molecule has 0 aliphatic heterocycles. The van der Waals surface area contributed by atoms with Crippen molar-refractivity contribution in [1.82, 2.24) is 20.6 Å². The Labute approximate surface area is 165 Å². The van der Waals surface area contributed by atoms with Crippen LogP contribution in [0.1, 0.15) is 36.7 Å². The van der Waals surface area contributed by atoms with Crippen LogP contribution in [0.3, 0.4) is 0 Å². The van der Waals surface area contributed by atoms with Crippen molar-refractivity contribution in [3.63, 3.8) is 0 Å². The number of H-pyrrole nitrogens is 1. The lowest BCUT2D eigenvalue weighted by Crippen LogP contribution is -2.24. The van der Waals surface area contributed by atoms with Gasteiger partial charge >= 0.3 is 6.09 Å². The minimum atomic E-state index is -0.975. The highest BCUT2D eigenvalue weighted by Gasteiger charge is 2.15. The lowest BCUT2D eigenvalue weighted by atomic mass is 10.1. The van der Waals surface area contributed by atoms with Crippen molar-refractivity contribution in [2.75, 3.05) is 6.54 Å². The first-order chi connectivity index (χ1) is 13.7. The van der Waals surface area contributed by atoms with Gasteiger partial charge in [0.15, 0.2) is 0 Å². The van der Waals surface area contributed by atoms with Gasteiger partial charge in [-0.15, -0.1) is 0 Å². The van der Waals surface area contributed by atoms with Gasteiger partial charge in [0.25, 0.3) is 0 Å². The van der Waals surface area contributed by atoms with E-state index in [-0.39, 0.29) is 6.04 Å². The number of unbranched alkanes of at least 4 members (excludes halogenated alkanes) is 1. The van der Waals surface area contributed by atoms with E-state index in [0.29, 0.717) is 6.54 Å². The maximum absolute atomic E-state index is 10.6. The molecule has 1 atom stereocenters. The normalized spacial score (nSPS) is 11.9. The summed E-state index contributed by atoms with van der Waals surface area (Å²) in [4.78, 5) is 18.6. The Kier molecular flexibility index (Phi) is 7.21. The fourth-order valence-electron chi connectivity index (χ4n) is 3.12. The molecule has 0 aliphatic rings. The van der Waals surface area contributed by atoms with Crippen molar-refractivity contribution in [1.29, 1.82) is 0 Å². The van der Waals surface area contributed by atoms with E-state index >= 15 is 0 Å². The third-order valence-corrected chi connectivity index (χ3v) is 4.60. The predicted octanol–water partition coefficient (Wildman–Crippen LogP) is 4.35. The molecule has 0 bridgehead atoms. The third-order valence-electron chi connectivity index (χ3n) is 4.60. The van der Waals surface area contributed by atoms with Gasteiger partial charge < -0.3 is 20.7 Å². The van der Waals surface area contributed by atoms with Crippen LogP contribution in [0.15, 0.2) is 66.9 Å². The zero-order valence-corrected chi connectivity index (χ0v) is 15.8. The molecule has 0 unspecified atom stereocenters. The quantitative estimate of drug-likeness (QED) is 0.395. The number of hydrogen-bond acceptors (Lipinski definition) is 3. The predicted molar refractivity (Wildman–Crippen MR) is 110 cm³/mol. The summed E-state index contributed by atoms with van der Waals surface area (Å²) in [5.74, 6) is 0.904. The van der Waals surface area contributed by atoms with Crippen molar-refractivity contribution in [3.8, 4) is 11.3 Å². The van der Waals surface area contributed by atoms with E-state index in [1.54, 1.807) is 0 Å². The van der Waals surface area contributed by atoms with Gasteiger partial charge in [0.1, 0.15) is 5.82 Å². The minimum absolute atomic E-state index is 0.0718. The average Bonchev–Trinajstić information content (AvgIpc) is 3.21. The second-order valence-corrected chi connectivity index (χ2v) is 6.69. The Morgan fingerprint density at radius 3 is 2.46 bits per heavy atom. The second kappa shape index (κ2) is 10.3. The Hall–Kier alpha value is -3.12. The van der Waals surface area contributed by atoms with Crippen LogP contribution in [0.25, 0.3) is 11.3 Å². The van der Waals surface area contributed by atoms with Crippen molar-refractivity contribution in [2.24, 2.45) is 0 Å². The molecule has 1 aromatic heterocycles. The van der Waals surface area contributed by atoms with Crippen molar-refractivity contribution in [3.05, 3.63) is 78.2 Å². The zero-order valence-electron chi connectivity index (χ0n) is 15.8. The largest absolute Gasteiger partial charge is 0.465 e.